The zero-order valence-electron chi connectivity index (χ0n) is 14.5. The van der Waals surface area contributed by atoms with Crippen molar-refractivity contribution >= 4 is 18.5 Å². The molecule has 2 aromatic rings. The highest BCUT2D eigenvalue weighted by atomic mass is 31.1. The zero-order chi connectivity index (χ0) is 16.4. The molecule has 0 aliphatic heterocycles. The minimum absolute atomic E-state index is 0.495. The number of terminal acetylenes is 1. The number of benzene rings is 2. The van der Waals surface area contributed by atoms with Gasteiger partial charge in [-0.3, -0.25) is 0 Å². The van der Waals surface area contributed by atoms with Crippen LogP contribution in [0.1, 0.15) is 33.4 Å². The summed E-state index contributed by atoms with van der Waals surface area (Å²) in [6, 6.07) is 9.14. The summed E-state index contributed by atoms with van der Waals surface area (Å²) in [6.07, 6.45) is 6.54. The van der Waals surface area contributed by atoms with E-state index in [1.165, 1.54) is 44.0 Å². The Morgan fingerprint density at radius 3 is 1.32 bits per heavy atom. The van der Waals surface area contributed by atoms with E-state index >= 15 is 0 Å². The zero-order valence-corrected chi connectivity index (χ0v) is 15.4. The minimum Gasteiger partial charge on any atom is -0.120 e. The molecule has 0 spiro atoms. The number of aryl methyl sites for hydroxylation is 6. The molecule has 0 unspecified atom stereocenters. The Bertz CT molecular complexity index is 643. The van der Waals surface area contributed by atoms with Gasteiger partial charge in [-0.25, -0.2) is 0 Å². The van der Waals surface area contributed by atoms with E-state index in [1.54, 1.807) is 0 Å². The molecule has 0 N–H and O–H groups in total. The molecule has 0 aliphatic rings. The molecular weight excluding hydrogens is 283 g/mol. The highest BCUT2D eigenvalue weighted by Crippen LogP contribution is 2.38. The number of hydrogen-bond donors (Lipinski definition) is 0. The van der Waals surface area contributed by atoms with Gasteiger partial charge in [-0.1, -0.05) is 35.4 Å². The number of rotatable bonds is 3. The lowest BCUT2D eigenvalue weighted by atomic mass is 10.1. The second-order valence-corrected chi connectivity index (χ2v) is 8.35. The van der Waals surface area contributed by atoms with E-state index in [4.69, 9.17) is 6.42 Å². The van der Waals surface area contributed by atoms with Crippen LogP contribution in [0.15, 0.2) is 24.3 Å². The fraction of sp³-hybridized carbons (Fsp3) is 0.333. The van der Waals surface area contributed by atoms with E-state index in [9.17, 15) is 0 Å². The Morgan fingerprint density at radius 2 is 1.05 bits per heavy atom. The van der Waals surface area contributed by atoms with Gasteiger partial charge in [0, 0.05) is 6.16 Å². The van der Waals surface area contributed by atoms with Crippen LogP contribution in [-0.4, -0.2) is 6.16 Å². The van der Waals surface area contributed by atoms with Gasteiger partial charge in [-0.05, 0) is 82.3 Å². The van der Waals surface area contributed by atoms with Crippen molar-refractivity contribution in [1.29, 1.82) is 0 Å². The maximum atomic E-state index is 5.73. The normalized spacial score (nSPS) is 10.8. The molecule has 0 bridgehead atoms. The van der Waals surface area contributed by atoms with Crippen LogP contribution < -0.4 is 10.6 Å². The average Bonchev–Trinajstić information content (AvgIpc) is 2.36. The first-order chi connectivity index (χ1) is 10.3. The van der Waals surface area contributed by atoms with Gasteiger partial charge < -0.3 is 0 Å². The summed E-state index contributed by atoms with van der Waals surface area (Å²) in [7, 11) is -0.495. The van der Waals surface area contributed by atoms with Crippen molar-refractivity contribution < 1.29 is 0 Å². The fourth-order valence-electron chi connectivity index (χ4n) is 3.56. The van der Waals surface area contributed by atoms with E-state index in [0.717, 1.165) is 6.16 Å². The van der Waals surface area contributed by atoms with Crippen molar-refractivity contribution in [2.24, 2.45) is 0 Å². The molecule has 0 amide bonds. The van der Waals surface area contributed by atoms with E-state index in [0.29, 0.717) is 0 Å². The summed E-state index contributed by atoms with van der Waals surface area (Å²) >= 11 is 0. The molecule has 0 nitrogen and oxygen atoms in total. The topological polar surface area (TPSA) is 0 Å². The lowest BCUT2D eigenvalue weighted by Gasteiger charge is -2.25. The van der Waals surface area contributed by atoms with Gasteiger partial charge in [0.2, 0.25) is 0 Å². The average molecular weight is 308 g/mol. The highest BCUT2D eigenvalue weighted by Gasteiger charge is 2.21. The minimum atomic E-state index is -0.495. The monoisotopic (exact) mass is 308 g/mol. The smallest absolute Gasteiger partial charge is 0.0370 e. The second-order valence-electron chi connectivity index (χ2n) is 6.28. The summed E-state index contributed by atoms with van der Waals surface area (Å²) in [5.41, 5.74) is 8.14. The molecule has 1 heteroatoms. The first-order valence-corrected chi connectivity index (χ1v) is 9.24. The van der Waals surface area contributed by atoms with Gasteiger partial charge in [0.1, 0.15) is 0 Å². The molecule has 0 saturated carbocycles. The van der Waals surface area contributed by atoms with Crippen molar-refractivity contribution in [2.75, 3.05) is 6.16 Å². The standard InChI is InChI=1S/C21H25P/c1-8-9-22(20-16(4)10-14(2)11-17(20)5)21-18(6)12-15(3)13-19(21)7/h1,10-13H,9H2,2-7H3. The van der Waals surface area contributed by atoms with E-state index in [2.05, 4.69) is 71.7 Å². The molecule has 2 aromatic carbocycles. The predicted molar refractivity (Wildman–Crippen MR) is 101 cm³/mol. The summed E-state index contributed by atoms with van der Waals surface area (Å²) in [4.78, 5) is 0. The third-order valence-corrected chi connectivity index (χ3v) is 7.05. The van der Waals surface area contributed by atoms with Crippen LogP contribution in [0.4, 0.5) is 0 Å². The largest absolute Gasteiger partial charge is 0.120 e. The molecule has 0 fully saturated rings. The quantitative estimate of drug-likeness (QED) is 0.574. The van der Waals surface area contributed by atoms with E-state index in [1.807, 2.05) is 0 Å². The molecule has 0 atom stereocenters. The first-order valence-electron chi connectivity index (χ1n) is 7.72. The van der Waals surface area contributed by atoms with Crippen molar-refractivity contribution in [2.45, 2.75) is 41.5 Å². The van der Waals surface area contributed by atoms with Crippen LogP contribution in [0.3, 0.4) is 0 Å². The van der Waals surface area contributed by atoms with Gasteiger partial charge in [0.25, 0.3) is 0 Å². The summed E-state index contributed by atoms with van der Waals surface area (Å²) in [5.74, 6) is 2.93. The van der Waals surface area contributed by atoms with E-state index < -0.39 is 7.92 Å². The summed E-state index contributed by atoms with van der Waals surface area (Å²) in [6.45, 7) is 13.2. The molecule has 114 valence electrons. The molecule has 0 heterocycles. The third-order valence-electron chi connectivity index (χ3n) is 4.06. The highest BCUT2D eigenvalue weighted by molar-refractivity contribution is 7.73. The van der Waals surface area contributed by atoms with Gasteiger partial charge >= 0.3 is 0 Å². The van der Waals surface area contributed by atoms with Crippen LogP contribution in [0.25, 0.3) is 0 Å². The Kier molecular flexibility index (Phi) is 5.10. The maximum Gasteiger partial charge on any atom is 0.0370 e. The molecular formula is C21H25P. The number of hydrogen-bond acceptors (Lipinski definition) is 0. The molecule has 0 saturated heterocycles. The first kappa shape index (κ1) is 16.8. The molecule has 0 aliphatic carbocycles. The third kappa shape index (κ3) is 3.26. The molecule has 0 aromatic heterocycles. The van der Waals surface area contributed by atoms with E-state index in [-0.39, 0.29) is 0 Å². The van der Waals surface area contributed by atoms with Crippen LogP contribution in [-0.2, 0) is 0 Å². The maximum absolute atomic E-state index is 5.73. The molecule has 2 rings (SSSR count). The fourth-order valence-corrected chi connectivity index (χ4v) is 6.24. The van der Waals surface area contributed by atoms with Crippen molar-refractivity contribution in [3.8, 4) is 12.3 Å². The Hall–Kier alpha value is -1.57. The van der Waals surface area contributed by atoms with Crippen LogP contribution in [0, 0.1) is 53.9 Å². The molecule has 22 heavy (non-hydrogen) atoms. The van der Waals surface area contributed by atoms with Gasteiger partial charge in [-0.2, -0.15) is 0 Å². The Balaban J connectivity index is 2.70. The SMILES string of the molecule is C#CCP(c1c(C)cc(C)cc1C)c1c(C)cc(C)cc1C. The van der Waals surface area contributed by atoms with Crippen LogP contribution in [0.5, 0.6) is 0 Å². The Labute approximate surface area is 136 Å². The predicted octanol–water partition coefficient (Wildman–Crippen LogP) is 4.60. The molecule has 0 radical (unpaired) electrons. The van der Waals surface area contributed by atoms with Gasteiger partial charge in [0.15, 0.2) is 0 Å². The Morgan fingerprint density at radius 1 is 0.727 bits per heavy atom. The van der Waals surface area contributed by atoms with Gasteiger partial charge in [0.05, 0.1) is 0 Å². The van der Waals surface area contributed by atoms with Gasteiger partial charge in [-0.15, -0.1) is 12.3 Å². The summed E-state index contributed by atoms with van der Waals surface area (Å²) < 4.78 is 0. The van der Waals surface area contributed by atoms with Crippen molar-refractivity contribution in [3.63, 3.8) is 0 Å². The van der Waals surface area contributed by atoms with Crippen LogP contribution >= 0.6 is 7.92 Å². The van der Waals surface area contributed by atoms with Crippen molar-refractivity contribution in [1.82, 2.24) is 0 Å². The van der Waals surface area contributed by atoms with Crippen molar-refractivity contribution in [3.05, 3.63) is 57.6 Å². The lowest BCUT2D eigenvalue weighted by Crippen LogP contribution is -2.23. The lowest BCUT2D eigenvalue weighted by molar-refractivity contribution is 1.34. The second kappa shape index (κ2) is 6.68. The van der Waals surface area contributed by atoms with Crippen LogP contribution in [0.2, 0.25) is 0 Å². The summed E-state index contributed by atoms with van der Waals surface area (Å²) in [5, 5.41) is 2.93.